The van der Waals surface area contributed by atoms with Crippen molar-refractivity contribution >= 4 is 46.5 Å². The van der Waals surface area contributed by atoms with Gasteiger partial charge in [0, 0.05) is 54.7 Å². The molecule has 0 radical (unpaired) electrons. The lowest BCUT2D eigenvalue weighted by atomic mass is 10.2. The number of thioether (sulfide) groups is 1. The third-order valence-electron chi connectivity index (χ3n) is 5.47. The third-order valence-corrected chi connectivity index (χ3v) is 6.64. The molecular formula is C24H26ClN5O2S. The van der Waals surface area contributed by atoms with Gasteiger partial charge in [-0.05, 0) is 36.8 Å². The highest BCUT2D eigenvalue weighted by Crippen LogP contribution is 2.25. The lowest BCUT2D eigenvalue weighted by Crippen LogP contribution is -2.46. The number of halogens is 1. The number of amides is 1. The van der Waals surface area contributed by atoms with Crippen molar-refractivity contribution in [1.29, 1.82) is 0 Å². The van der Waals surface area contributed by atoms with Gasteiger partial charge in [-0.2, -0.15) is 0 Å². The van der Waals surface area contributed by atoms with Crippen LogP contribution in [-0.4, -0.2) is 54.9 Å². The van der Waals surface area contributed by atoms with Crippen LogP contribution in [0.25, 0.3) is 0 Å². The van der Waals surface area contributed by atoms with Crippen molar-refractivity contribution in [3.63, 3.8) is 0 Å². The van der Waals surface area contributed by atoms with Crippen molar-refractivity contribution in [2.75, 3.05) is 54.2 Å². The van der Waals surface area contributed by atoms with Gasteiger partial charge in [-0.3, -0.25) is 4.79 Å². The average Bonchev–Trinajstić information content (AvgIpc) is 2.85. The van der Waals surface area contributed by atoms with Crippen molar-refractivity contribution in [3.05, 3.63) is 65.4 Å². The number of ether oxygens (including phenoxy) is 1. The van der Waals surface area contributed by atoms with E-state index in [0.717, 1.165) is 59.7 Å². The Morgan fingerprint density at radius 1 is 1.09 bits per heavy atom. The number of aryl methyl sites for hydroxylation is 1. The van der Waals surface area contributed by atoms with E-state index in [4.69, 9.17) is 16.3 Å². The molecule has 1 aliphatic heterocycles. The molecule has 0 bridgehead atoms. The summed E-state index contributed by atoms with van der Waals surface area (Å²) in [6.07, 6.45) is 1.56. The van der Waals surface area contributed by atoms with Crippen LogP contribution < -0.4 is 19.9 Å². The topological polar surface area (TPSA) is 70.6 Å². The highest BCUT2D eigenvalue weighted by molar-refractivity contribution is 7.99. The number of hydrogen-bond donors (Lipinski definition) is 1. The van der Waals surface area contributed by atoms with Crippen LogP contribution in [0.15, 0.2) is 59.9 Å². The first-order valence-corrected chi connectivity index (χ1v) is 12.0. The van der Waals surface area contributed by atoms with Gasteiger partial charge in [0.05, 0.1) is 12.9 Å². The van der Waals surface area contributed by atoms with Crippen molar-refractivity contribution in [2.45, 2.75) is 11.9 Å². The highest BCUT2D eigenvalue weighted by atomic mass is 35.5. The summed E-state index contributed by atoms with van der Waals surface area (Å²) < 4.78 is 5.34. The zero-order valence-corrected chi connectivity index (χ0v) is 20.2. The van der Waals surface area contributed by atoms with E-state index in [0.29, 0.717) is 5.02 Å². The summed E-state index contributed by atoms with van der Waals surface area (Å²) in [5, 5.41) is 4.28. The second kappa shape index (κ2) is 10.8. The molecule has 1 amide bonds. The van der Waals surface area contributed by atoms with Gasteiger partial charge in [-0.15, -0.1) is 0 Å². The van der Waals surface area contributed by atoms with Gasteiger partial charge in [0.15, 0.2) is 0 Å². The van der Waals surface area contributed by atoms with Gasteiger partial charge in [0.2, 0.25) is 5.91 Å². The van der Waals surface area contributed by atoms with Gasteiger partial charge in [-0.1, -0.05) is 35.5 Å². The molecular weight excluding hydrogens is 458 g/mol. The van der Waals surface area contributed by atoms with E-state index in [1.54, 1.807) is 25.6 Å². The molecule has 1 fully saturated rings. The predicted octanol–water partition coefficient (Wildman–Crippen LogP) is 4.50. The maximum atomic E-state index is 12.4. The fraction of sp³-hybridized carbons (Fsp3) is 0.292. The van der Waals surface area contributed by atoms with E-state index in [-0.39, 0.29) is 11.7 Å². The predicted molar refractivity (Wildman–Crippen MR) is 135 cm³/mol. The standard InChI is InChI=1S/C24H26ClN5O2S/c1-17-6-7-18(25)12-21(17)28-23(31)15-33-24-14-22(26-16-27-24)30-10-8-29(9-11-30)19-4-3-5-20(13-19)32-2/h3-7,12-14,16H,8-11,15H2,1-2H3,(H,28,31). The first-order chi connectivity index (χ1) is 16.0. The highest BCUT2D eigenvalue weighted by Gasteiger charge is 2.19. The van der Waals surface area contributed by atoms with Crippen LogP contribution in [0.4, 0.5) is 17.2 Å². The van der Waals surface area contributed by atoms with Gasteiger partial charge >= 0.3 is 0 Å². The molecule has 4 rings (SSSR count). The Bertz CT molecular complexity index is 1120. The summed E-state index contributed by atoms with van der Waals surface area (Å²) >= 11 is 7.43. The molecule has 1 saturated heterocycles. The Kier molecular flexibility index (Phi) is 7.57. The number of nitrogens with one attached hydrogen (secondary N) is 1. The molecule has 0 saturated carbocycles. The van der Waals surface area contributed by atoms with Crippen LogP contribution in [0.5, 0.6) is 5.75 Å². The zero-order valence-electron chi connectivity index (χ0n) is 18.6. The molecule has 1 N–H and O–H groups in total. The second-order valence-corrected chi connectivity index (χ2v) is 9.12. The Balaban J connectivity index is 1.31. The van der Waals surface area contributed by atoms with Gasteiger partial charge in [-0.25, -0.2) is 9.97 Å². The van der Waals surface area contributed by atoms with E-state index in [1.807, 2.05) is 31.2 Å². The molecule has 2 heterocycles. The number of piperazine rings is 1. The summed E-state index contributed by atoms with van der Waals surface area (Å²) in [6, 6.07) is 15.5. The van der Waals surface area contributed by atoms with E-state index >= 15 is 0 Å². The van der Waals surface area contributed by atoms with Crippen LogP contribution in [0.2, 0.25) is 5.02 Å². The smallest absolute Gasteiger partial charge is 0.234 e. The number of benzene rings is 2. The summed E-state index contributed by atoms with van der Waals surface area (Å²) in [6.45, 7) is 5.42. The SMILES string of the molecule is COc1cccc(N2CCN(c3cc(SCC(=O)Nc4cc(Cl)ccc4C)ncn3)CC2)c1. The molecule has 1 aromatic heterocycles. The average molecular weight is 484 g/mol. The summed E-state index contributed by atoms with van der Waals surface area (Å²) in [4.78, 5) is 25.8. The number of rotatable bonds is 7. The number of nitrogens with zero attached hydrogens (tertiary/aromatic N) is 4. The molecule has 33 heavy (non-hydrogen) atoms. The maximum absolute atomic E-state index is 12.4. The Morgan fingerprint density at radius 2 is 1.88 bits per heavy atom. The summed E-state index contributed by atoms with van der Waals surface area (Å²) in [7, 11) is 1.68. The first-order valence-electron chi connectivity index (χ1n) is 10.7. The minimum atomic E-state index is -0.0996. The zero-order chi connectivity index (χ0) is 23.2. The number of hydrogen-bond acceptors (Lipinski definition) is 7. The lowest BCUT2D eigenvalue weighted by molar-refractivity contribution is -0.113. The second-order valence-electron chi connectivity index (χ2n) is 7.69. The fourth-order valence-corrected chi connectivity index (χ4v) is 4.47. The van der Waals surface area contributed by atoms with Gasteiger partial charge < -0.3 is 19.9 Å². The molecule has 9 heteroatoms. The van der Waals surface area contributed by atoms with E-state index in [2.05, 4.69) is 37.2 Å². The summed E-state index contributed by atoms with van der Waals surface area (Å²) in [5.41, 5.74) is 2.86. The van der Waals surface area contributed by atoms with Crippen molar-refractivity contribution in [3.8, 4) is 5.75 Å². The molecule has 3 aromatic rings. The molecule has 0 aliphatic carbocycles. The van der Waals surface area contributed by atoms with Crippen LogP contribution >= 0.6 is 23.4 Å². The quantitative estimate of drug-likeness (QED) is 0.391. The van der Waals surface area contributed by atoms with Crippen LogP contribution in [0, 0.1) is 6.92 Å². The number of methoxy groups -OCH3 is 1. The Hall–Kier alpha value is -2.97. The number of carbonyl (C=O) groups excluding carboxylic acids is 1. The molecule has 0 atom stereocenters. The van der Waals surface area contributed by atoms with Crippen molar-refractivity contribution < 1.29 is 9.53 Å². The van der Waals surface area contributed by atoms with E-state index in [9.17, 15) is 4.79 Å². The Morgan fingerprint density at radius 3 is 2.67 bits per heavy atom. The minimum Gasteiger partial charge on any atom is -0.497 e. The minimum absolute atomic E-state index is 0.0996. The van der Waals surface area contributed by atoms with Crippen molar-refractivity contribution in [1.82, 2.24) is 9.97 Å². The molecule has 0 spiro atoms. The van der Waals surface area contributed by atoms with Gasteiger partial charge in [0.25, 0.3) is 0 Å². The van der Waals surface area contributed by atoms with Crippen LogP contribution in [0.3, 0.4) is 0 Å². The monoisotopic (exact) mass is 483 g/mol. The van der Waals surface area contributed by atoms with Crippen molar-refractivity contribution in [2.24, 2.45) is 0 Å². The maximum Gasteiger partial charge on any atom is 0.234 e. The summed E-state index contributed by atoms with van der Waals surface area (Å²) in [5.74, 6) is 1.90. The van der Waals surface area contributed by atoms with Gasteiger partial charge in [0.1, 0.15) is 22.9 Å². The molecule has 0 unspecified atom stereocenters. The third kappa shape index (κ3) is 6.09. The lowest BCUT2D eigenvalue weighted by Gasteiger charge is -2.36. The molecule has 7 nitrogen and oxygen atoms in total. The molecule has 172 valence electrons. The normalized spacial score (nSPS) is 13.7. The molecule has 2 aromatic carbocycles. The number of aromatic nitrogens is 2. The van der Waals surface area contributed by atoms with Crippen LogP contribution in [0.1, 0.15) is 5.56 Å². The van der Waals surface area contributed by atoms with E-state index in [1.165, 1.54) is 11.8 Å². The number of anilines is 3. The first kappa shape index (κ1) is 23.2. The van der Waals surface area contributed by atoms with Crippen LogP contribution in [-0.2, 0) is 4.79 Å². The van der Waals surface area contributed by atoms with E-state index < -0.39 is 0 Å². The fourth-order valence-electron chi connectivity index (χ4n) is 3.64. The Labute approximate surface area is 203 Å². The molecule has 1 aliphatic rings. The largest absolute Gasteiger partial charge is 0.497 e. The number of carbonyl (C=O) groups is 1.